The van der Waals surface area contributed by atoms with E-state index >= 15 is 0 Å². The molecule has 0 amide bonds. The lowest BCUT2D eigenvalue weighted by Crippen LogP contribution is -2.03. The van der Waals surface area contributed by atoms with Crippen LogP contribution in [0.1, 0.15) is 46.0 Å². The molecule has 0 aliphatic rings. The van der Waals surface area contributed by atoms with Gasteiger partial charge in [0.2, 0.25) is 0 Å². The summed E-state index contributed by atoms with van der Waals surface area (Å²) < 4.78 is 25.1. The Morgan fingerprint density at radius 3 is 2.33 bits per heavy atom. The number of unbranched alkanes of at least 4 members (excludes halogenated alkanes) is 2. The molecule has 1 aromatic rings. The van der Waals surface area contributed by atoms with Crippen molar-refractivity contribution in [3.8, 4) is 0 Å². The highest BCUT2D eigenvalue weighted by atomic mass is 32.2. The average Bonchev–Trinajstić information content (AvgIpc) is 2.98. The second kappa shape index (κ2) is 11.7. The first-order valence-corrected chi connectivity index (χ1v) is 11.3. The van der Waals surface area contributed by atoms with Crippen molar-refractivity contribution in [3.05, 3.63) is 17.5 Å². The summed E-state index contributed by atoms with van der Waals surface area (Å²) in [5.74, 6) is 0.957. The van der Waals surface area contributed by atoms with Crippen LogP contribution in [0.4, 0.5) is 0 Å². The predicted molar refractivity (Wildman–Crippen MR) is 93.9 cm³/mol. The molecule has 0 saturated carbocycles. The Labute approximate surface area is 137 Å². The van der Waals surface area contributed by atoms with E-state index in [0.29, 0.717) is 19.4 Å². The van der Waals surface area contributed by atoms with Gasteiger partial charge in [-0.15, -0.1) is 23.1 Å². The van der Waals surface area contributed by atoms with Gasteiger partial charge in [0, 0.05) is 0 Å². The van der Waals surface area contributed by atoms with E-state index in [1.54, 1.807) is 11.3 Å². The number of thiophene rings is 1. The zero-order valence-corrected chi connectivity index (χ0v) is 15.6. The normalized spacial score (nSPS) is 11.9. The molecule has 1 heterocycles. The maximum Gasteiger partial charge on any atom is 0.330 e. The standard InChI is InChI=1S/C15H27O3PS2/c1-3-5-10-17-19(16,18-11-6-4-2)12-8-14-21-15-9-7-13-20-15/h7,9,13H,3-6,8,10-12,14H2,1-2H3. The molecule has 0 spiro atoms. The Balaban J connectivity index is 2.30. The molecular formula is C15H27O3PS2. The molecule has 1 aromatic heterocycles. The second-order valence-corrected chi connectivity index (χ2v) is 9.37. The molecule has 21 heavy (non-hydrogen) atoms. The van der Waals surface area contributed by atoms with Crippen molar-refractivity contribution in [2.24, 2.45) is 0 Å². The smallest absolute Gasteiger partial charge is 0.309 e. The highest BCUT2D eigenvalue weighted by Gasteiger charge is 2.23. The molecule has 0 radical (unpaired) electrons. The molecule has 3 nitrogen and oxygen atoms in total. The van der Waals surface area contributed by atoms with Crippen molar-refractivity contribution in [2.75, 3.05) is 25.1 Å². The van der Waals surface area contributed by atoms with E-state index in [9.17, 15) is 4.57 Å². The van der Waals surface area contributed by atoms with Crippen LogP contribution in [0.25, 0.3) is 0 Å². The van der Waals surface area contributed by atoms with Gasteiger partial charge < -0.3 is 9.05 Å². The molecule has 1 rings (SSSR count). The SMILES string of the molecule is CCCCOP(=O)(CCCSc1cccs1)OCCCC. The topological polar surface area (TPSA) is 35.5 Å². The molecule has 0 N–H and O–H groups in total. The van der Waals surface area contributed by atoms with Gasteiger partial charge in [0.05, 0.1) is 23.6 Å². The quantitative estimate of drug-likeness (QED) is 0.246. The van der Waals surface area contributed by atoms with E-state index < -0.39 is 7.60 Å². The van der Waals surface area contributed by atoms with E-state index in [2.05, 4.69) is 31.4 Å². The third kappa shape index (κ3) is 9.04. The van der Waals surface area contributed by atoms with Gasteiger partial charge in [-0.1, -0.05) is 32.8 Å². The van der Waals surface area contributed by atoms with Gasteiger partial charge in [-0.25, -0.2) is 0 Å². The lowest BCUT2D eigenvalue weighted by Gasteiger charge is -2.18. The van der Waals surface area contributed by atoms with Crippen LogP contribution in [0, 0.1) is 0 Å². The van der Waals surface area contributed by atoms with Crippen LogP contribution >= 0.6 is 30.7 Å². The number of hydrogen-bond donors (Lipinski definition) is 0. The van der Waals surface area contributed by atoms with Crippen LogP contribution in [0.5, 0.6) is 0 Å². The summed E-state index contributed by atoms with van der Waals surface area (Å²) in [7, 11) is -2.90. The lowest BCUT2D eigenvalue weighted by molar-refractivity contribution is 0.200. The fraction of sp³-hybridized carbons (Fsp3) is 0.733. The number of thioether (sulfide) groups is 1. The summed E-state index contributed by atoms with van der Waals surface area (Å²) in [4.78, 5) is 0. The molecule has 0 saturated heterocycles. The van der Waals surface area contributed by atoms with Gasteiger partial charge >= 0.3 is 7.60 Å². The van der Waals surface area contributed by atoms with E-state index in [0.717, 1.165) is 37.9 Å². The third-order valence-electron chi connectivity index (χ3n) is 2.89. The highest BCUT2D eigenvalue weighted by molar-refractivity contribution is 8.01. The van der Waals surface area contributed by atoms with E-state index in [1.807, 2.05) is 11.8 Å². The fourth-order valence-corrected chi connectivity index (χ4v) is 5.35. The minimum atomic E-state index is -2.90. The molecule has 0 aromatic carbocycles. The molecule has 0 bridgehead atoms. The van der Waals surface area contributed by atoms with Crippen molar-refractivity contribution < 1.29 is 13.6 Å². The highest BCUT2D eigenvalue weighted by Crippen LogP contribution is 2.49. The Kier molecular flexibility index (Phi) is 10.7. The first-order valence-electron chi connectivity index (χ1n) is 7.74. The van der Waals surface area contributed by atoms with Gasteiger partial charge in [-0.05, 0) is 36.5 Å². The van der Waals surface area contributed by atoms with Crippen molar-refractivity contribution in [1.29, 1.82) is 0 Å². The van der Waals surface area contributed by atoms with E-state index in [1.165, 1.54) is 4.21 Å². The van der Waals surface area contributed by atoms with Crippen molar-refractivity contribution >= 4 is 30.7 Å². The Bertz CT molecular complexity index is 382. The van der Waals surface area contributed by atoms with Crippen molar-refractivity contribution in [3.63, 3.8) is 0 Å². The largest absolute Gasteiger partial charge is 0.330 e. The Morgan fingerprint density at radius 1 is 1.14 bits per heavy atom. The fourth-order valence-electron chi connectivity index (χ4n) is 1.64. The summed E-state index contributed by atoms with van der Waals surface area (Å²) in [5, 5.41) is 2.08. The van der Waals surface area contributed by atoms with Gasteiger partial charge in [-0.3, -0.25) is 4.57 Å². The Morgan fingerprint density at radius 2 is 1.81 bits per heavy atom. The summed E-state index contributed by atoms with van der Waals surface area (Å²) in [6, 6.07) is 4.17. The zero-order chi connectivity index (χ0) is 15.4. The number of hydrogen-bond acceptors (Lipinski definition) is 5. The van der Waals surface area contributed by atoms with Gasteiger partial charge in [-0.2, -0.15) is 0 Å². The molecule has 0 fully saturated rings. The summed E-state index contributed by atoms with van der Waals surface area (Å²) in [5.41, 5.74) is 0. The minimum absolute atomic E-state index is 0.527. The molecule has 0 unspecified atom stereocenters. The first-order chi connectivity index (χ1) is 10.2. The monoisotopic (exact) mass is 350 g/mol. The van der Waals surface area contributed by atoms with Gasteiger partial charge in [0.1, 0.15) is 0 Å². The van der Waals surface area contributed by atoms with Crippen molar-refractivity contribution in [2.45, 2.75) is 50.2 Å². The molecule has 6 heteroatoms. The maximum absolute atomic E-state index is 12.7. The lowest BCUT2D eigenvalue weighted by atomic mass is 10.4. The van der Waals surface area contributed by atoms with E-state index in [-0.39, 0.29) is 0 Å². The predicted octanol–water partition coefficient (Wildman–Crippen LogP) is 6.06. The zero-order valence-electron chi connectivity index (χ0n) is 13.1. The van der Waals surface area contributed by atoms with Crippen LogP contribution in [-0.2, 0) is 13.6 Å². The van der Waals surface area contributed by atoms with Crippen molar-refractivity contribution in [1.82, 2.24) is 0 Å². The van der Waals surface area contributed by atoms with Crippen LogP contribution < -0.4 is 0 Å². The molecule has 0 aliphatic carbocycles. The maximum atomic E-state index is 12.7. The summed E-state index contributed by atoms with van der Waals surface area (Å²) in [6.07, 6.45) is 5.35. The summed E-state index contributed by atoms with van der Waals surface area (Å²) >= 11 is 3.56. The molecule has 0 aliphatic heterocycles. The van der Waals surface area contributed by atoms with Gasteiger partial charge in [0.15, 0.2) is 0 Å². The van der Waals surface area contributed by atoms with Crippen LogP contribution in [0.15, 0.2) is 21.7 Å². The van der Waals surface area contributed by atoms with Gasteiger partial charge in [0.25, 0.3) is 0 Å². The minimum Gasteiger partial charge on any atom is -0.309 e. The molecule has 122 valence electrons. The molecular weight excluding hydrogens is 323 g/mol. The van der Waals surface area contributed by atoms with E-state index in [4.69, 9.17) is 9.05 Å². The average molecular weight is 350 g/mol. The molecule has 0 atom stereocenters. The van der Waals surface area contributed by atoms with Crippen LogP contribution in [0.3, 0.4) is 0 Å². The first kappa shape index (κ1) is 19.2. The number of rotatable bonds is 13. The Hall–Kier alpha value is 0.200. The summed E-state index contributed by atoms with van der Waals surface area (Å²) in [6.45, 7) is 5.28. The third-order valence-corrected chi connectivity index (χ3v) is 7.12. The second-order valence-electron chi connectivity index (χ2n) is 4.84. The van der Waals surface area contributed by atoms with Crippen LogP contribution in [-0.4, -0.2) is 25.1 Å². The van der Waals surface area contributed by atoms with Crippen LogP contribution in [0.2, 0.25) is 0 Å².